The second-order valence-electron chi connectivity index (χ2n) is 5.98. The van der Waals surface area contributed by atoms with Crippen LogP contribution in [0.15, 0.2) is 34.9 Å². The number of carboxylic acid groups (broad SMARTS) is 1. The second kappa shape index (κ2) is 6.52. The van der Waals surface area contributed by atoms with Crippen molar-refractivity contribution in [1.29, 1.82) is 0 Å². The highest BCUT2D eigenvalue weighted by atomic mass is 16.5. The van der Waals surface area contributed by atoms with Gasteiger partial charge in [-0.2, -0.15) is 0 Å². The van der Waals surface area contributed by atoms with Crippen molar-refractivity contribution >= 4 is 5.97 Å². The standard InChI is InChI=1S/C17H20N2O4/c1-11-7-19(8-12(2)23-11)9-15-10-22-16(18-15)13-3-5-14(6-4-13)17(20)21/h3-6,10-12H,7-9H2,1-2H3,(H,20,21)/t11-,12+. The summed E-state index contributed by atoms with van der Waals surface area (Å²) in [5.41, 5.74) is 1.88. The van der Waals surface area contributed by atoms with Crippen LogP contribution in [-0.2, 0) is 11.3 Å². The zero-order valence-electron chi connectivity index (χ0n) is 13.2. The molecule has 0 radical (unpaired) electrons. The Hall–Kier alpha value is -2.18. The van der Waals surface area contributed by atoms with Crippen molar-refractivity contribution in [2.45, 2.75) is 32.6 Å². The molecule has 2 aromatic rings. The summed E-state index contributed by atoms with van der Waals surface area (Å²) in [6.07, 6.45) is 2.09. The number of nitrogens with zero attached hydrogens (tertiary/aromatic N) is 2. The van der Waals surface area contributed by atoms with Crippen LogP contribution < -0.4 is 0 Å². The van der Waals surface area contributed by atoms with Gasteiger partial charge in [-0.05, 0) is 38.1 Å². The van der Waals surface area contributed by atoms with E-state index in [9.17, 15) is 4.79 Å². The van der Waals surface area contributed by atoms with Crippen LogP contribution in [0.2, 0.25) is 0 Å². The lowest BCUT2D eigenvalue weighted by molar-refractivity contribution is -0.0707. The Morgan fingerprint density at radius 2 is 1.91 bits per heavy atom. The lowest BCUT2D eigenvalue weighted by atomic mass is 10.1. The van der Waals surface area contributed by atoms with Crippen molar-refractivity contribution in [3.05, 3.63) is 41.8 Å². The molecule has 0 bridgehead atoms. The van der Waals surface area contributed by atoms with Crippen molar-refractivity contribution in [3.8, 4) is 11.5 Å². The van der Waals surface area contributed by atoms with Gasteiger partial charge < -0.3 is 14.3 Å². The Balaban J connectivity index is 1.69. The smallest absolute Gasteiger partial charge is 0.335 e. The van der Waals surface area contributed by atoms with E-state index < -0.39 is 5.97 Å². The minimum absolute atomic E-state index is 0.216. The van der Waals surface area contributed by atoms with E-state index in [1.165, 1.54) is 0 Å². The monoisotopic (exact) mass is 316 g/mol. The number of rotatable bonds is 4. The second-order valence-corrected chi connectivity index (χ2v) is 5.98. The highest BCUT2D eigenvalue weighted by Gasteiger charge is 2.23. The van der Waals surface area contributed by atoms with Gasteiger partial charge in [-0.3, -0.25) is 4.90 Å². The number of carbonyl (C=O) groups is 1. The number of benzene rings is 1. The highest BCUT2D eigenvalue weighted by molar-refractivity contribution is 5.88. The average molecular weight is 316 g/mol. The van der Waals surface area contributed by atoms with Crippen LogP contribution in [0.4, 0.5) is 0 Å². The summed E-state index contributed by atoms with van der Waals surface area (Å²) >= 11 is 0. The molecule has 0 saturated carbocycles. The number of oxazole rings is 1. The third-order valence-corrected chi connectivity index (χ3v) is 3.81. The van der Waals surface area contributed by atoms with E-state index in [1.54, 1.807) is 30.5 Å². The van der Waals surface area contributed by atoms with Gasteiger partial charge in [0, 0.05) is 25.2 Å². The topological polar surface area (TPSA) is 75.8 Å². The van der Waals surface area contributed by atoms with Gasteiger partial charge >= 0.3 is 5.97 Å². The molecule has 1 aromatic heterocycles. The fraction of sp³-hybridized carbons (Fsp3) is 0.412. The number of aromatic carboxylic acids is 1. The first-order valence-corrected chi connectivity index (χ1v) is 7.67. The first-order chi connectivity index (χ1) is 11.0. The van der Waals surface area contributed by atoms with Crippen molar-refractivity contribution in [1.82, 2.24) is 9.88 Å². The maximum atomic E-state index is 10.9. The third-order valence-electron chi connectivity index (χ3n) is 3.81. The molecular weight excluding hydrogens is 296 g/mol. The van der Waals surface area contributed by atoms with E-state index in [4.69, 9.17) is 14.3 Å². The lowest BCUT2D eigenvalue weighted by Gasteiger charge is -2.34. The highest BCUT2D eigenvalue weighted by Crippen LogP contribution is 2.21. The third kappa shape index (κ3) is 3.78. The Labute approximate surface area is 134 Å². The maximum absolute atomic E-state index is 10.9. The van der Waals surface area contributed by atoms with Crippen LogP contribution in [0.25, 0.3) is 11.5 Å². The lowest BCUT2D eigenvalue weighted by Crippen LogP contribution is -2.44. The molecule has 1 N–H and O–H groups in total. The van der Waals surface area contributed by atoms with Crippen LogP contribution in [-0.4, -0.2) is 46.3 Å². The van der Waals surface area contributed by atoms with Gasteiger partial charge in [-0.15, -0.1) is 0 Å². The molecule has 1 aliphatic heterocycles. The molecule has 23 heavy (non-hydrogen) atoms. The summed E-state index contributed by atoms with van der Waals surface area (Å²) in [5.74, 6) is -0.438. The Morgan fingerprint density at radius 1 is 1.26 bits per heavy atom. The summed E-state index contributed by atoms with van der Waals surface area (Å²) in [6, 6.07) is 6.51. The molecule has 0 spiro atoms. The molecule has 6 nitrogen and oxygen atoms in total. The molecule has 3 rings (SSSR count). The first-order valence-electron chi connectivity index (χ1n) is 7.67. The van der Waals surface area contributed by atoms with Gasteiger partial charge in [0.2, 0.25) is 5.89 Å². The molecule has 2 heterocycles. The zero-order valence-corrected chi connectivity index (χ0v) is 13.2. The molecule has 6 heteroatoms. The Morgan fingerprint density at radius 3 is 2.52 bits per heavy atom. The molecule has 122 valence electrons. The van der Waals surface area contributed by atoms with E-state index >= 15 is 0 Å². The molecule has 1 saturated heterocycles. The number of hydrogen-bond acceptors (Lipinski definition) is 5. The molecule has 0 unspecified atom stereocenters. The van der Waals surface area contributed by atoms with E-state index in [0.29, 0.717) is 5.89 Å². The van der Waals surface area contributed by atoms with Crippen LogP contribution >= 0.6 is 0 Å². The first kappa shape index (κ1) is 15.7. The van der Waals surface area contributed by atoms with Gasteiger partial charge in [-0.25, -0.2) is 9.78 Å². The predicted octanol–water partition coefficient (Wildman–Crippen LogP) is 2.65. The van der Waals surface area contributed by atoms with Crippen molar-refractivity contribution in [2.24, 2.45) is 0 Å². The normalized spacial score (nSPS) is 22.2. The Bertz CT molecular complexity index is 670. The summed E-state index contributed by atoms with van der Waals surface area (Å²) in [5, 5.41) is 8.92. The number of carboxylic acids is 1. The number of morpholine rings is 1. The molecule has 1 aliphatic rings. The molecule has 2 atom stereocenters. The summed E-state index contributed by atoms with van der Waals surface area (Å²) in [7, 11) is 0. The number of hydrogen-bond donors (Lipinski definition) is 1. The van der Waals surface area contributed by atoms with Crippen molar-refractivity contribution < 1.29 is 19.1 Å². The molecular formula is C17H20N2O4. The average Bonchev–Trinajstić information content (AvgIpc) is 2.94. The van der Waals surface area contributed by atoms with Gasteiger partial charge in [0.25, 0.3) is 0 Å². The number of aromatic nitrogens is 1. The van der Waals surface area contributed by atoms with Gasteiger partial charge in [0.15, 0.2) is 0 Å². The molecule has 1 fully saturated rings. The summed E-state index contributed by atoms with van der Waals surface area (Å²) in [4.78, 5) is 17.7. The van der Waals surface area contributed by atoms with Crippen LogP contribution in [0.1, 0.15) is 29.9 Å². The zero-order chi connectivity index (χ0) is 16.4. The van der Waals surface area contributed by atoms with E-state index in [1.807, 2.05) is 0 Å². The fourth-order valence-electron chi connectivity index (χ4n) is 2.91. The largest absolute Gasteiger partial charge is 0.478 e. The summed E-state index contributed by atoms with van der Waals surface area (Å²) in [6.45, 7) is 6.61. The Kier molecular flexibility index (Phi) is 4.45. The minimum Gasteiger partial charge on any atom is -0.478 e. The van der Waals surface area contributed by atoms with Gasteiger partial charge in [-0.1, -0.05) is 0 Å². The van der Waals surface area contributed by atoms with Crippen LogP contribution in [0.5, 0.6) is 0 Å². The number of ether oxygens (including phenoxy) is 1. The van der Waals surface area contributed by atoms with E-state index in [-0.39, 0.29) is 17.8 Å². The predicted molar refractivity (Wildman–Crippen MR) is 84.2 cm³/mol. The van der Waals surface area contributed by atoms with Gasteiger partial charge in [0.1, 0.15) is 6.26 Å². The quantitative estimate of drug-likeness (QED) is 0.934. The maximum Gasteiger partial charge on any atom is 0.335 e. The van der Waals surface area contributed by atoms with Crippen molar-refractivity contribution in [2.75, 3.05) is 13.1 Å². The molecule has 0 amide bonds. The van der Waals surface area contributed by atoms with Gasteiger partial charge in [0.05, 0.1) is 23.5 Å². The fourth-order valence-corrected chi connectivity index (χ4v) is 2.91. The SMILES string of the molecule is C[C@@H]1CN(Cc2coc(-c3ccc(C(=O)O)cc3)n2)C[C@H](C)O1. The van der Waals surface area contributed by atoms with Crippen LogP contribution in [0.3, 0.4) is 0 Å². The van der Waals surface area contributed by atoms with Crippen molar-refractivity contribution in [3.63, 3.8) is 0 Å². The van der Waals surface area contributed by atoms with Crippen LogP contribution in [0, 0.1) is 0 Å². The molecule has 1 aromatic carbocycles. The van der Waals surface area contributed by atoms with E-state index in [0.717, 1.165) is 30.9 Å². The van der Waals surface area contributed by atoms with E-state index in [2.05, 4.69) is 23.7 Å². The molecule has 0 aliphatic carbocycles. The minimum atomic E-state index is -0.944. The summed E-state index contributed by atoms with van der Waals surface area (Å²) < 4.78 is 11.3.